The van der Waals surface area contributed by atoms with Gasteiger partial charge in [-0.3, -0.25) is 4.99 Å². The van der Waals surface area contributed by atoms with Crippen LogP contribution in [-0.2, 0) is 11.2 Å². The van der Waals surface area contributed by atoms with E-state index in [9.17, 15) is 0 Å². The van der Waals surface area contributed by atoms with Gasteiger partial charge in [0.2, 0.25) is 5.89 Å². The smallest absolute Gasteiger partial charge is 0.226 e. The molecule has 0 atom stereocenters. The molecule has 0 radical (unpaired) electrons. The van der Waals surface area contributed by atoms with Gasteiger partial charge in [0, 0.05) is 33.2 Å². The van der Waals surface area contributed by atoms with Crippen LogP contribution in [0.25, 0.3) is 0 Å². The summed E-state index contributed by atoms with van der Waals surface area (Å²) in [6, 6.07) is 0. The second-order valence-electron chi connectivity index (χ2n) is 3.96. The number of hydrogen-bond donors (Lipinski definition) is 2. The van der Waals surface area contributed by atoms with Crippen molar-refractivity contribution >= 4 is 29.9 Å². The quantitative estimate of drug-likeness (QED) is 0.296. The van der Waals surface area contributed by atoms with Gasteiger partial charge in [-0.25, -0.2) is 0 Å². The maximum Gasteiger partial charge on any atom is 0.226 e. The van der Waals surface area contributed by atoms with E-state index in [1.54, 1.807) is 7.05 Å². The molecule has 7 nitrogen and oxygen atoms in total. The molecule has 8 heteroatoms. The van der Waals surface area contributed by atoms with Crippen molar-refractivity contribution in [2.45, 2.75) is 26.7 Å². The first-order valence-electron chi connectivity index (χ1n) is 6.57. The number of rotatable bonds is 8. The summed E-state index contributed by atoms with van der Waals surface area (Å²) >= 11 is 0. The largest absolute Gasteiger partial charge is 0.380 e. The van der Waals surface area contributed by atoms with Crippen molar-refractivity contribution in [3.8, 4) is 0 Å². The zero-order valence-electron chi connectivity index (χ0n) is 12.3. The van der Waals surface area contributed by atoms with Crippen LogP contribution >= 0.6 is 24.0 Å². The Hall–Kier alpha value is -0.900. The van der Waals surface area contributed by atoms with E-state index in [0.29, 0.717) is 18.3 Å². The second-order valence-corrected chi connectivity index (χ2v) is 3.96. The lowest BCUT2D eigenvalue weighted by atomic mass is 10.3. The number of aromatic nitrogens is 2. The maximum atomic E-state index is 5.24. The lowest BCUT2D eigenvalue weighted by Gasteiger charge is -2.11. The van der Waals surface area contributed by atoms with E-state index in [-0.39, 0.29) is 24.0 Å². The number of nitrogens with zero attached hydrogens (tertiary/aromatic N) is 3. The zero-order valence-corrected chi connectivity index (χ0v) is 14.6. The van der Waals surface area contributed by atoms with E-state index in [1.807, 2.05) is 13.8 Å². The summed E-state index contributed by atoms with van der Waals surface area (Å²) < 4.78 is 10.3. The lowest BCUT2D eigenvalue weighted by Crippen LogP contribution is -2.39. The highest BCUT2D eigenvalue weighted by Gasteiger charge is 2.02. The van der Waals surface area contributed by atoms with Gasteiger partial charge >= 0.3 is 0 Å². The minimum absolute atomic E-state index is 0. The fourth-order valence-electron chi connectivity index (χ4n) is 1.49. The van der Waals surface area contributed by atoms with Crippen LogP contribution in [0.5, 0.6) is 0 Å². The highest BCUT2D eigenvalue weighted by molar-refractivity contribution is 14.0. The molecular formula is C12H24IN5O2. The molecule has 0 aromatic carbocycles. The van der Waals surface area contributed by atoms with Gasteiger partial charge in [-0.05, 0) is 20.3 Å². The van der Waals surface area contributed by atoms with Crippen molar-refractivity contribution < 1.29 is 9.26 Å². The summed E-state index contributed by atoms with van der Waals surface area (Å²) in [6.07, 6.45) is 1.68. The van der Waals surface area contributed by atoms with Gasteiger partial charge in [0.15, 0.2) is 11.8 Å². The van der Waals surface area contributed by atoms with E-state index in [1.165, 1.54) is 0 Å². The van der Waals surface area contributed by atoms with E-state index >= 15 is 0 Å². The molecule has 0 spiro atoms. The lowest BCUT2D eigenvalue weighted by molar-refractivity contribution is 0.152. The molecule has 0 saturated heterocycles. The van der Waals surface area contributed by atoms with E-state index in [2.05, 4.69) is 25.8 Å². The van der Waals surface area contributed by atoms with Crippen LogP contribution in [-0.4, -0.2) is 49.5 Å². The molecule has 1 heterocycles. The number of nitrogens with one attached hydrogen (secondary N) is 2. The predicted octanol–water partition coefficient (Wildman–Crippen LogP) is 1.13. The first-order valence-corrected chi connectivity index (χ1v) is 6.57. The Morgan fingerprint density at radius 2 is 2.10 bits per heavy atom. The molecule has 1 aromatic heterocycles. The van der Waals surface area contributed by atoms with Crippen molar-refractivity contribution in [3.63, 3.8) is 0 Å². The highest BCUT2D eigenvalue weighted by Crippen LogP contribution is 1.98. The first-order chi connectivity index (χ1) is 9.26. The Morgan fingerprint density at radius 1 is 1.35 bits per heavy atom. The molecule has 20 heavy (non-hydrogen) atoms. The standard InChI is InChI=1S/C12H23N5O2.HI/c1-4-18-9-8-15-12(13-3)14-7-5-6-11-16-10(2)17-19-11;/h4-9H2,1-3H3,(H2,13,14,15);1H. The summed E-state index contributed by atoms with van der Waals surface area (Å²) in [7, 11) is 1.75. The van der Waals surface area contributed by atoms with Crippen LogP contribution in [0.3, 0.4) is 0 Å². The fourth-order valence-corrected chi connectivity index (χ4v) is 1.49. The monoisotopic (exact) mass is 397 g/mol. The highest BCUT2D eigenvalue weighted by atomic mass is 127. The van der Waals surface area contributed by atoms with Crippen molar-refractivity contribution in [1.29, 1.82) is 0 Å². The van der Waals surface area contributed by atoms with Crippen molar-refractivity contribution in [2.75, 3.05) is 33.4 Å². The number of halogens is 1. The Kier molecular flexibility index (Phi) is 11.4. The topological polar surface area (TPSA) is 84.6 Å². The molecule has 2 N–H and O–H groups in total. The van der Waals surface area contributed by atoms with Gasteiger partial charge in [0.05, 0.1) is 6.61 Å². The number of hydrogen-bond acceptors (Lipinski definition) is 5. The molecule has 1 aromatic rings. The third kappa shape index (κ3) is 8.31. The van der Waals surface area contributed by atoms with Gasteiger partial charge in [0.1, 0.15) is 0 Å². The summed E-state index contributed by atoms with van der Waals surface area (Å²) in [6.45, 7) is 6.75. The third-order valence-electron chi connectivity index (χ3n) is 2.40. The summed E-state index contributed by atoms with van der Waals surface area (Å²) in [5.41, 5.74) is 0. The molecule has 0 fully saturated rings. The Bertz CT molecular complexity index is 384. The van der Waals surface area contributed by atoms with E-state index in [4.69, 9.17) is 9.26 Å². The van der Waals surface area contributed by atoms with E-state index in [0.717, 1.165) is 38.5 Å². The first kappa shape index (κ1) is 19.1. The Balaban J connectivity index is 0.00000361. The molecule has 0 aliphatic rings. The number of aliphatic imine (C=N–C) groups is 1. The molecule has 0 saturated carbocycles. The molecular weight excluding hydrogens is 373 g/mol. The SMILES string of the molecule is CCOCCNC(=NC)NCCCc1nc(C)no1.I. The predicted molar refractivity (Wildman–Crippen MR) is 88.6 cm³/mol. The molecule has 116 valence electrons. The summed E-state index contributed by atoms with van der Waals surface area (Å²) in [4.78, 5) is 8.27. The van der Waals surface area contributed by atoms with Crippen molar-refractivity contribution in [1.82, 2.24) is 20.8 Å². The van der Waals surface area contributed by atoms with E-state index < -0.39 is 0 Å². The van der Waals surface area contributed by atoms with Gasteiger partial charge < -0.3 is 19.9 Å². The maximum absolute atomic E-state index is 5.24. The van der Waals surface area contributed by atoms with Crippen LogP contribution in [0, 0.1) is 6.92 Å². The summed E-state index contributed by atoms with van der Waals surface area (Å²) in [5.74, 6) is 2.14. The van der Waals surface area contributed by atoms with Crippen molar-refractivity contribution in [2.24, 2.45) is 4.99 Å². The van der Waals surface area contributed by atoms with Crippen LogP contribution in [0.1, 0.15) is 25.1 Å². The molecule has 0 bridgehead atoms. The Morgan fingerprint density at radius 3 is 2.70 bits per heavy atom. The number of guanidine groups is 1. The van der Waals surface area contributed by atoms with Gasteiger partial charge in [-0.1, -0.05) is 5.16 Å². The average Bonchev–Trinajstić information content (AvgIpc) is 2.82. The molecule has 0 aliphatic carbocycles. The number of aryl methyl sites for hydroxylation is 2. The molecule has 0 unspecified atom stereocenters. The fraction of sp³-hybridized carbons (Fsp3) is 0.750. The van der Waals surface area contributed by atoms with Gasteiger partial charge in [-0.15, -0.1) is 24.0 Å². The molecule has 0 amide bonds. The minimum Gasteiger partial charge on any atom is -0.380 e. The number of ether oxygens (including phenoxy) is 1. The van der Waals surface area contributed by atoms with Crippen LogP contribution in [0.2, 0.25) is 0 Å². The Labute approximate surface area is 137 Å². The zero-order chi connectivity index (χ0) is 13.9. The normalized spacial score (nSPS) is 11.1. The van der Waals surface area contributed by atoms with Crippen molar-refractivity contribution in [3.05, 3.63) is 11.7 Å². The average molecular weight is 397 g/mol. The van der Waals surface area contributed by atoms with Crippen LogP contribution in [0.15, 0.2) is 9.52 Å². The minimum atomic E-state index is 0. The van der Waals surface area contributed by atoms with Gasteiger partial charge in [0.25, 0.3) is 0 Å². The second kappa shape index (κ2) is 11.9. The van der Waals surface area contributed by atoms with Crippen LogP contribution < -0.4 is 10.6 Å². The third-order valence-corrected chi connectivity index (χ3v) is 2.40. The molecule has 1 rings (SSSR count). The van der Waals surface area contributed by atoms with Crippen LogP contribution in [0.4, 0.5) is 0 Å². The summed E-state index contributed by atoms with van der Waals surface area (Å²) in [5, 5.41) is 10.1. The molecule has 0 aliphatic heterocycles. The van der Waals surface area contributed by atoms with Gasteiger partial charge in [-0.2, -0.15) is 4.98 Å².